The average Bonchev–Trinajstić information content (AvgIpc) is 3.24. The first-order valence-electron chi connectivity index (χ1n) is 10.7. The van der Waals surface area contributed by atoms with Crippen LogP contribution in [0, 0.1) is 17.8 Å². The van der Waals surface area contributed by atoms with Crippen LogP contribution in [-0.4, -0.2) is 29.9 Å². The minimum Gasteiger partial charge on any atom is -0.352 e. The largest absolute Gasteiger partial charge is 0.352 e. The lowest BCUT2D eigenvalue weighted by Gasteiger charge is -2.26. The fourth-order valence-electron chi connectivity index (χ4n) is 5.28. The van der Waals surface area contributed by atoms with Gasteiger partial charge in [-0.3, -0.25) is 9.69 Å². The van der Waals surface area contributed by atoms with E-state index >= 15 is 0 Å². The maximum atomic E-state index is 13.2. The van der Waals surface area contributed by atoms with Crippen molar-refractivity contribution in [3.63, 3.8) is 0 Å². The SMILES string of the molecule is CC(C)C(C(=O)NC1CCC2CN(Cc3ccccc3)CC21)c1ccccc1. The van der Waals surface area contributed by atoms with Gasteiger partial charge < -0.3 is 5.32 Å². The Morgan fingerprint density at radius 1 is 1.00 bits per heavy atom. The van der Waals surface area contributed by atoms with E-state index in [1.165, 1.54) is 12.0 Å². The van der Waals surface area contributed by atoms with Gasteiger partial charge in [0.25, 0.3) is 0 Å². The monoisotopic (exact) mass is 376 g/mol. The predicted octanol–water partition coefficient (Wildman–Crippen LogP) is 4.45. The first kappa shape index (κ1) is 19.2. The van der Waals surface area contributed by atoms with Gasteiger partial charge in [0.15, 0.2) is 0 Å². The van der Waals surface area contributed by atoms with E-state index < -0.39 is 0 Å². The molecular formula is C25H32N2O. The number of nitrogens with one attached hydrogen (secondary N) is 1. The molecule has 4 unspecified atom stereocenters. The Labute approximate surface area is 169 Å². The molecule has 1 aliphatic heterocycles. The molecule has 28 heavy (non-hydrogen) atoms. The van der Waals surface area contributed by atoms with Crippen molar-refractivity contribution in [3.8, 4) is 0 Å². The molecule has 0 spiro atoms. The van der Waals surface area contributed by atoms with Crippen molar-refractivity contribution in [1.82, 2.24) is 10.2 Å². The molecule has 1 amide bonds. The number of hydrogen-bond acceptors (Lipinski definition) is 2. The molecule has 0 bridgehead atoms. The highest BCUT2D eigenvalue weighted by Crippen LogP contribution is 2.39. The molecule has 0 radical (unpaired) electrons. The van der Waals surface area contributed by atoms with E-state index in [4.69, 9.17) is 0 Å². The second-order valence-electron chi connectivity index (χ2n) is 8.93. The lowest BCUT2D eigenvalue weighted by atomic mass is 9.87. The second-order valence-corrected chi connectivity index (χ2v) is 8.93. The maximum Gasteiger partial charge on any atom is 0.228 e. The van der Waals surface area contributed by atoms with Crippen molar-refractivity contribution in [3.05, 3.63) is 71.8 Å². The molecule has 2 fully saturated rings. The Morgan fingerprint density at radius 2 is 1.68 bits per heavy atom. The van der Waals surface area contributed by atoms with Crippen LogP contribution in [0.2, 0.25) is 0 Å². The molecule has 1 aliphatic carbocycles. The highest BCUT2D eigenvalue weighted by Gasteiger charge is 2.43. The molecule has 1 saturated heterocycles. The molecule has 2 aromatic rings. The maximum absolute atomic E-state index is 13.2. The van der Waals surface area contributed by atoms with E-state index in [2.05, 4.69) is 66.5 Å². The van der Waals surface area contributed by atoms with Gasteiger partial charge >= 0.3 is 0 Å². The average molecular weight is 377 g/mol. The topological polar surface area (TPSA) is 32.3 Å². The summed E-state index contributed by atoms with van der Waals surface area (Å²) in [6, 6.07) is 21.3. The smallest absolute Gasteiger partial charge is 0.228 e. The Hall–Kier alpha value is -2.13. The van der Waals surface area contributed by atoms with Crippen molar-refractivity contribution in [2.75, 3.05) is 13.1 Å². The Kier molecular flexibility index (Phi) is 5.82. The molecule has 1 heterocycles. The van der Waals surface area contributed by atoms with E-state index in [0.29, 0.717) is 12.0 Å². The molecular weight excluding hydrogens is 344 g/mol. The number of hydrogen-bond donors (Lipinski definition) is 1. The highest BCUT2D eigenvalue weighted by atomic mass is 16.2. The van der Waals surface area contributed by atoms with Crippen LogP contribution in [0.15, 0.2) is 60.7 Å². The lowest BCUT2D eigenvalue weighted by Crippen LogP contribution is -2.43. The van der Waals surface area contributed by atoms with Gasteiger partial charge in [-0.05, 0) is 41.7 Å². The number of carbonyl (C=O) groups excluding carboxylic acids is 1. The van der Waals surface area contributed by atoms with Gasteiger partial charge in [0.1, 0.15) is 0 Å². The lowest BCUT2D eigenvalue weighted by molar-refractivity contribution is -0.124. The first-order chi connectivity index (χ1) is 13.6. The van der Waals surface area contributed by atoms with E-state index in [1.54, 1.807) is 0 Å². The fourth-order valence-corrected chi connectivity index (χ4v) is 5.28. The number of amides is 1. The minimum atomic E-state index is -0.0675. The molecule has 0 aromatic heterocycles. The summed E-state index contributed by atoms with van der Waals surface area (Å²) in [6.45, 7) is 7.57. The zero-order valence-corrected chi connectivity index (χ0v) is 17.1. The van der Waals surface area contributed by atoms with Gasteiger partial charge in [0.2, 0.25) is 5.91 Å². The van der Waals surface area contributed by atoms with Gasteiger partial charge in [-0.15, -0.1) is 0 Å². The van der Waals surface area contributed by atoms with Crippen molar-refractivity contribution in [2.45, 2.75) is 45.2 Å². The molecule has 1 saturated carbocycles. The molecule has 1 N–H and O–H groups in total. The van der Waals surface area contributed by atoms with Gasteiger partial charge in [0.05, 0.1) is 5.92 Å². The summed E-state index contributed by atoms with van der Waals surface area (Å²) in [5, 5.41) is 3.45. The molecule has 2 aliphatic rings. The molecule has 3 heteroatoms. The third kappa shape index (κ3) is 4.15. The minimum absolute atomic E-state index is 0.0675. The van der Waals surface area contributed by atoms with Crippen LogP contribution in [0.5, 0.6) is 0 Å². The van der Waals surface area contributed by atoms with Crippen LogP contribution in [-0.2, 0) is 11.3 Å². The Morgan fingerprint density at radius 3 is 2.36 bits per heavy atom. The summed E-state index contributed by atoms with van der Waals surface area (Å²) in [5.74, 6) is 1.74. The van der Waals surface area contributed by atoms with Gasteiger partial charge in [-0.1, -0.05) is 74.5 Å². The summed E-state index contributed by atoms with van der Waals surface area (Å²) >= 11 is 0. The van der Waals surface area contributed by atoms with Crippen LogP contribution in [0.4, 0.5) is 0 Å². The van der Waals surface area contributed by atoms with Crippen LogP contribution >= 0.6 is 0 Å². The third-order valence-corrected chi connectivity index (χ3v) is 6.62. The zero-order valence-electron chi connectivity index (χ0n) is 17.1. The third-order valence-electron chi connectivity index (χ3n) is 6.62. The predicted molar refractivity (Wildman–Crippen MR) is 114 cm³/mol. The summed E-state index contributed by atoms with van der Waals surface area (Å²) in [4.78, 5) is 15.7. The number of rotatable bonds is 6. The van der Waals surface area contributed by atoms with Crippen molar-refractivity contribution in [1.29, 1.82) is 0 Å². The Bertz CT molecular complexity index is 774. The summed E-state index contributed by atoms with van der Waals surface area (Å²) in [6.07, 6.45) is 2.36. The number of likely N-dealkylation sites (tertiary alicyclic amines) is 1. The number of nitrogens with zero attached hydrogens (tertiary/aromatic N) is 1. The van der Waals surface area contributed by atoms with E-state index in [-0.39, 0.29) is 17.7 Å². The van der Waals surface area contributed by atoms with Gasteiger partial charge in [-0.25, -0.2) is 0 Å². The molecule has 3 nitrogen and oxygen atoms in total. The summed E-state index contributed by atoms with van der Waals surface area (Å²) in [7, 11) is 0. The van der Waals surface area contributed by atoms with Crippen molar-refractivity contribution in [2.24, 2.45) is 17.8 Å². The van der Waals surface area contributed by atoms with Crippen molar-refractivity contribution < 1.29 is 4.79 Å². The number of carbonyl (C=O) groups is 1. The Balaban J connectivity index is 1.39. The fraction of sp³-hybridized carbons (Fsp3) is 0.480. The second kappa shape index (κ2) is 8.48. The molecule has 4 rings (SSSR count). The zero-order chi connectivity index (χ0) is 19.5. The van der Waals surface area contributed by atoms with Gasteiger partial charge in [-0.2, -0.15) is 0 Å². The van der Waals surface area contributed by atoms with Crippen LogP contribution in [0.1, 0.15) is 43.7 Å². The normalized spacial score (nSPS) is 25.6. The molecule has 148 valence electrons. The summed E-state index contributed by atoms with van der Waals surface area (Å²) in [5.41, 5.74) is 2.51. The van der Waals surface area contributed by atoms with E-state index in [9.17, 15) is 4.79 Å². The van der Waals surface area contributed by atoms with Crippen molar-refractivity contribution >= 4 is 5.91 Å². The molecule has 4 atom stereocenters. The number of fused-ring (bicyclic) bond motifs is 1. The highest BCUT2D eigenvalue weighted by molar-refractivity contribution is 5.84. The quantitative estimate of drug-likeness (QED) is 0.808. The van der Waals surface area contributed by atoms with Crippen LogP contribution < -0.4 is 5.32 Å². The summed E-state index contributed by atoms with van der Waals surface area (Å²) < 4.78 is 0. The molecule has 2 aromatic carbocycles. The first-order valence-corrected chi connectivity index (χ1v) is 10.7. The van der Waals surface area contributed by atoms with E-state index in [0.717, 1.165) is 37.5 Å². The number of benzene rings is 2. The van der Waals surface area contributed by atoms with Gasteiger partial charge in [0, 0.05) is 25.7 Å². The van der Waals surface area contributed by atoms with Crippen LogP contribution in [0.25, 0.3) is 0 Å². The standard InChI is InChI=1S/C25H32N2O/c1-18(2)24(20-11-7-4-8-12-20)25(28)26-23-14-13-21-16-27(17-22(21)23)15-19-9-5-3-6-10-19/h3-12,18,21-24H,13-17H2,1-2H3,(H,26,28). The van der Waals surface area contributed by atoms with Crippen LogP contribution in [0.3, 0.4) is 0 Å². The van der Waals surface area contributed by atoms with E-state index in [1.807, 2.05) is 18.2 Å².